The Bertz CT molecular complexity index is 464. The van der Waals surface area contributed by atoms with Crippen LogP contribution in [0.15, 0.2) is 30.3 Å². The topological polar surface area (TPSA) is 81.7 Å². The summed E-state index contributed by atoms with van der Waals surface area (Å²) >= 11 is 0. The zero-order valence-electron chi connectivity index (χ0n) is 11.2. The summed E-state index contributed by atoms with van der Waals surface area (Å²) in [5.74, 6) is 0.0110. The molecule has 3 N–H and O–H groups in total. The molecule has 0 radical (unpaired) electrons. The number of anilines is 1. The van der Waals surface area contributed by atoms with Crippen molar-refractivity contribution >= 4 is 17.6 Å². The maximum absolute atomic E-state index is 11.9. The van der Waals surface area contributed by atoms with Crippen LogP contribution in [0.2, 0.25) is 0 Å². The molecule has 0 unspecified atom stereocenters. The van der Waals surface area contributed by atoms with Crippen LogP contribution in [-0.4, -0.2) is 42.8 Å². The van der Waals surface area contributed by atoms with Crippen LogP contribution in [0.4, 0.5) is 10.5 Å². The van der Waals surface area contributed by atoms with E-state index in [-0.39, 0.29) is 24.6 Å². The Balaban J connectivity index is 1.85. The molecule has 0 aliphatic carbocycles. The summed E-state index contributed by atoms with van der Waals surface area (Å²) in [5, 5.41) is 14.0. The average molecular weight is 277 g/mol. The van der Waals surface area contributed by atoms with Gasteiger partial charge in [0, 0.05) is 31.8 Å². The molecule has 1 atom stereocenters. The Morgan fingerprint density at radius 3 is 2.80 bits per heavy atom. The lowest BCUT2D eigenvalue weighted by atomic mass is 10.2. The predicted molar refractivity (Wildman–Crippen MR) is 75.4 cm³/mol. The molecule has 0 aromatic heterocycles. The van der Waals surface area contributed by atoms with Gasteiger partial charge in [0.2, 0.25) is 5.91 Å². The number of para-hydroxylation sites is 1. The Morgan fingerprint density at radius 2 is 2.10 bits per heavy atom. The standard InChI is InChI=1S/C14H19N3O3/c18-8-4-7-15-14(20)16-11-9-13(19)17(10-11)12-5-2-1-3-6-12/h1-3,5-6,11,18H,4,7-10H2,(H2,15,16,20)/t11-/m0/s1. The lowest BCUT2D eigenvalue weighted by Gasteiger charge is -2.17. The number of aliphatic hydroxyl groups is 1. The molecule has 1 aliphatic rings. The number of nitrogens with zero attached hydrogens (tertiary/aromatic N) is 1. The zero-order chi connectivity index (χ0) is 14.4. The van der Waals surface area contributed by atoms with Crippen LogP contribution >= 0.6 is 0 Å². The van der Waals surface area contributed by atoms with Crippen LogP contribution < -0.4 is 15.5 Å². The Morgan fingerprint density at radius 1 is 1.35 bits per heavy atom. The van der Waals surface area contributed by atoms with Crippen molar-refractivity contribution in [2.24, 2.45) is 0 Å². The molecule has 0 saturated carbocycles. The van der Waals surface area contributed by atoms with Crippen molar-refractivity contribution in [1.82, 2.24) is 10.6 Å². The van der Waals surface area contributed by atoms with Gasteiger partial charge >= 0.3 is 6.03 Å². The normalized spacial score (nSPS) is 18.1. The quantitative estimate of drug-likeness (QED) is 0.684. The van der Waals surface area contributed by atoms with Gasteiger partial charge in [-0.3, -0.25) is 4.79 Å². The van der Waals surface area contributed by atoms with Gasteiger partial charge in [-0.15, -0.1) is 0 Å². The summed E-state index contributed by atoms with van der Waals surface area (Å²) in [4.78, 5) is 25.2. The molecule has 6 nitrogen and oxygen atoms in total. The maximum atomic E-state index is 11.9. The van der Waals surface area contributed by atoms with Crippen molar-refractivity contribution in [3.05, 3.63) is 30.3 Å². The van der Waals surface area contributed by atoms with E-state index in [1.165, 1.54) is 0 Å². The van der Waals surface area contributed by atoms with Crippen molar-refractivity contribution in [3.63, 3.8) is 0 Å². The number of rotatable bonds is 5. The minimum Gasteiger partial charge on any atom is -0.396 e. The van der Waals surface area contributed by atoms with Crippen molar-refractivity contribution in [1.29, 1.82) is 0 Å². The number of nitrogens with one attached hydrogen (secondary N) is 2. The Kier molecular flexibility index (Phi) is 4.95. The van der Waals surface area contributed by atoms with Crippen LogP contribution in [0.5, 0.6) is 0 Å². The minimum atomic E-state index is -0.300. The third-order valence-corrected chi connectivity index (χ3v) is 3.15. The summed E-state index contributed by atoms with van der Waals surface area (Å²) in [6.07, 6.45) is 0.829. The van der Waals surface area contributed by atoms with E-state index in [4.69, 9.17) is 5.11 Å². The molecule has 20 heavy (non-hydrogen) atoms. The fourth-order valence-electron chi connectivity index (χ4n) is 2.18. The van der Waals surface area contributed by atoms with E-state index in [1.54, 1.807) is 4.90 Å². The van der Waals surface area contributed by atoms with Crippen molar-refractivity contribution in [2.45, 2.75) is 18.9 Å². The highest BCUT2D eigenvalue weighted by Crippen LogP contribution is 2.20. The molecule has 0 bridgehead atoms. The van der Waals surface area contributed by atoms with Gasteiger partial charge in [0.05, 0.1) is 6.04 Å². The number of aliphatic hydroxyl groups excluding tert-OH is 1. The first-order valence-corrected chi connectivity index (χ1v) is 6.71. The van der Waals surface area contributed by atoms with Crippen molar-refractivity contribution < 1.29 is 14.7 Å². The minimum absolute atomic E-state index is 0.0110. The second-order valence-corrected chi connectivity index (χ2v) is 4.72. The number of hydrogen-bond donors (Lipinski definition) is 3. The van der Waals surface area contributed by atoms with Crippen LogP contribution in [-0.2, 0) is 4.79 Å². The average Bonchev–Trinajstić information content (AvgIpc) is 2.81. The van der Waals surface area contributed by atoms with Gasteiger partial charge < -0.3 is 20.6 Å². The molecule has 108 valence electrons. The number of carbonyl (C=O) groups is 2. The van der Waals surface area contributed by atoms with E-state index >= 15 is 0 Å². The molecule has 3 amide bonds. The van der Waals surface area contributed by atoms with Gasteiger partial charge in [0.25, 0.3) is 0 Å². The first-order valence-electron chi connectivity index (χ1n) is 6.71. The van der Waals surface area contributed by atoms with E-state index in [2.05, 4.69) is 10.6 Å². The van der Waals surface area contributed by atoms with Gasteiger partial charge in [0.15, 0.2) is 0 Å². The number of amides is 3. The van der Waals surface area contributed by atoms with Crippen LogP contribution in [0.1, 0.15) is 12.8 Å². The SMILES string of the molecule is O=C(NCCCO)N[C@H]1CC(=O)N(c2ccccc2)C1. The predicted octanol–water partition coefficient (Wildman–Crippen LogP) is 0.474. The fourth-order valence-corrected chi connectivity index (χ4v) is 2.18. The first-order chi connectivity index (χ1) is 9.70. The van der Waals surface area contributed by atoms with E-state index in [0.29, 0.717) is 25.9 Å². The highest BCUT2D eigenvalue weighted by Gasteiger charge is 2.31. The van der Waals surface area contributed by atoms with E-state index in [1.807, 2.05) is 30.3 Å². The smallest absolute Gasteiger partial charge is 0.315 e. The van der Waals surface area contributed by atoms with Crippen LogP contribution in [0.3, 0.4) is 0 Å². The zero-order valence-corrected chi connectivity index (χ0v) is 11.2. The first kappa shape index (κ1) is 14.3. The van der Waals surface area contributed by atoms with Crippen LogP contribution in [0, 0.1) is 0 Å². The molecule has 1 aromatic carbocycles. The number of carbonyl (C=O) groups excluding carboxylic acids is 2. The van der Waals surface area contributed by atoms with E-state index in [0.717, 1.165) is 5.69 Å². The number of urea groups is 1. The highest BCUT2D eigenvalue weighted by atomic mass is 16.3. The molecular weight excluding hydrogens is 258 g/mol. The summed E-state index contributed by atoms with van der Waals surface area (Å²) < 4.78 is 0. The van der Waals surface area contributed by atoms with Gasteiger partial charge in [-0.05, 0) is 18.6 Å². The molecule has 6 heteroatoms. The summed E-state index contributed by atoms with van der Waals surface area (Å²) in [5.41, 5.74) is 0.850. The summed E-state index contributed by atoms with van der Waals surface area (Å²) in [6.45, 7) is 0.950. The molecule has 0 spiro atoms. The van der Waals surface area contributed by atoms with E-state index in [9.17, 15) is 9.59 Å². The summed E-state index contributed by atoms with van der Waals surface area (Å²) in [6, 6.07) is 8.93. The molecule has 1 fully saturated rings. The Hall–Kier alpha value is -2.08. The Labute approximate surface area is 117 Å². The second kappa shape index (κ2) is 6.91. The largest absolute Gasteiger partial charge is 0.396 e. The van der Waals surface area contributed by atoms with E-state index < -0.39 is 0 Å². The molecule has 2 rings (SSSR count). The van der Waals surface area contributed by atoms with Crippen LogP contribution in [0.25, 0.3) is 0 Å². The fraction of sp³-hybridized carbons (Fsp3) is 0.429. The maximum Gasteiger partial charge on any atom is 0.315 e. The molecule has 1 saturated heterocycles. The molecule has 1 aromatic rings. The van der Waals surface area contributed by atoms with Gasteiger partial charge in [-0.25, -0.2) is 4.79 Å². The molecular formula is C14H19N3O3. The lowest BCUT2D eigenvalue weighted by molar-refractivity contribution is -0.117. The molecule has 1 heterocycles. The summed E-state index contributed by atoms with van der Waals surface area (Å²) in [7, 11) is 0. The van der Waals surface area contributed by atoms with Crippen molar-refractivity contribution in [2.75, 3.05) is 24.6 Å². The second-order valence-electron chi connectivity index (χ2n) is 4.72. The van der Waals surface area contributed by atoms with Gasteiger partial charge in [0.1, 0.15) is 0 Å². The number of benzene rings is 1. The third kappa shape index (κ3) is 3.71. The van der Waals surface area contributed by atoms with Crippen molar-refractivity contribution in [3.8, 4) is 0 Å². The monoisotopic (exact) mass is 277 g/mol. The number of hydrogen-bond acceptors (Lipinski definition) is 3. The highest BCUT2D eigenvalue weighted by molar-refractivity contribution is 5.96. The third-order valence-electron chi connectivity index (χ3n) is 3.15. The lowest BCUT2D eigenvalue weighted by Crippen LogP contribution is -2.43. The van der Waals surface area contributed by atoms with Gasteiger partial charge in [-0.1, -0.05) is 18.2 Å². The molecule has 1 aliphatic heterocycles. The van der Waals surface area contributed by atoms with Gasteiger partial charge in [-0.2, -0.15) is 0 Å².